The van der Waals surface area contributed by atoms with Gasteiger partial charge >= 0.3 is 5.97 Å². The topological polar surface area (TPSA) is 91.8 Å². The van der Waals surface area contributed by atoms with Gasteiger partial charge in [0, 0.05) is 44.2 Å². The fraction of sp³-hybridized carbons (Fsp3) is 0.943. The maximum atomic E-state index is 14.3. The first-order valence-electron chi connectivity index (χ1n) is 17.1. The number of rotatable bonds is 6. The Kier molecular flexibility index (Phi) is 12.9. The van der Waals surface area contributed by atoms with Crippen LogP contribution in [-0.4, -0.2) is 128 Å². The van der Waals surface area contributed by atoms with Gasteiger partial charge in [0.05, 0.1) is 23.9 Å². The van der Waals surface area contributed by atoms with Crippen molar-refractivity contribution >= 4 is 11.8 Å². The van der Waals surface area contributed by atoms with Gasteiger partial charge in [-0.05, 0) is 119 Å². The second kappa shape index (κ2) is 15.2. The highest BCUT2D eigenvalue weighted by atomic mass is 16.5. The van der Waals surface area contributed by atoms with E-state index in [9.17, 15) is 14.7 Å². The van der Waals surface area contributed by atoms with Gasteiger partial charge in [0.25, 0.3) is 0 Å². The molecule has 0 saturated carbocycles. The van der Waals surface area contributed by atoms with Gasteiger partial charge in [0.2, 0.25) is 0 Å². The molecule has 9 heteroatoms. The SMILES string of the molecule is CO[C@]1(C)C[C@@H](C)CN(C)[C@H]([C@@H]2CCCN(C(C)C)C2)COC(=O)C(C)(C)C(=O)[C@H](C)[C@H]1C[C@@H]1O[C@H](C)C[C@H](N(C)C)[C@H]1O. The van der Waals surface area contributed by atoms with E-state index in [1.54, 1.807) is 21.0 Å². The molecule has 3 aliphatic heterocycles. The van der Waals surface area contributed by atoms with E-state index in [0.717, 1.165) is 45.3 Å². The average molecular weight is 624 g/mol. The van der Waals surface area contributed by atoms with Gasteiger partial charge in [0.15, 0.2) is 5.78 Å². The van der Waals surface area contributed by atoms with Crippen LogP contribution in [0.4, 0.5) is 0 Å². The molecule has 3 fully saturated rings. The minimum absolute atomic E-state index is 0.0206. The quantitative estimate of drug-likeness (QED) is 0.347. The van der Waals surface area contributed by atoms with Crippen LogP contribution in [0.3, 0.4) is 0 Å². The molecule has 0 aromatic rings. The number of methoxy groups -OCH3 is 1. The summed E-state index contributed by atoms with van der Waals surface area (Å²) in [6, 6.07) is 0.492. The average Bonchev–Trinajstić information content (AvgIpc) is 2.95. The van der Waals surface area contributed by atoms with Crippen LogP contribution in [-0.2, 0) is 23.8 Å². The Labute approximate surface area is 268 Å². The summed E-state index contributed by atoms with van der Waals surface area (Å²) in [6.07, 6.45) is 2.98. The molecule has 0 bridgehead atoms. The second-order valence-electron chi connectivity index (χ2n) is 15.8. The molecule has 0 radical (unpaired) electrons. The predicted octanol–water partition coefficient (Wildman–Crippen LogP) is 4.10. The number of aliphatic hydroxyl groups is 1. The lowest BCUT2D eigenvalue weighted by atomic mass is 9.67. The highest BCUT2D eigenvalue weighted by Crippen LogP contribution is 2.43. The summed E-state index contributed by atoms with van der Waals surface area (Å²) in [5.74, 6) is -0.812. The third-order valence-electron chi connectivity index (χ3n) is 11.4. The zero-order valence-electron chi connectivity index (χ0n) is 30.0. The first kappa shape index (κ1) is 37.4. The molecule has 9 nitrogen and oxygen atoms in total. The lowest BCUT2D eigenvalue weighted by Gasteiger charge is -2.47. The van der Waals surface area contributed by atoms with Crippen molar-refractivity contribution in [2.24, 2.45) is 29.1 Å². The van der Waals surface area contributed by atoms with Crippen molar-refractivity contribution in [3.05, 3.63) is 0 Å². The standard InChI is InChI=1S/C35H65N3O6/c1-22(2)38-15-13-14-26(20-38)29-21-43-33(41)34(6,7)32(40)25(5)27(35(8,42-12)18-23(3)19-37(29)11)17-30-31(39)28(36(9)10)16-24(4)44-30/h22-31,39H,13-21H2,1-12H3/t23-,24-,25-,26-,27-,28+,29+,30+,31-,35-/m1/s1. The predicted molar refractivity (Wildman–Crippen MR) is 174 cm³/mol. The molecule has 0 spiro atoms. The molecule has 1 N–H and O–H groups in total. The number of ether oxygens (including phenoxy) is 3. The van der Waals surface area contributed by atoms with Gasteiger partial charge in [-0.3, -0.25) is 14.5 Å². The highest BCUT2D eigenvalue weighted by Gasteiger charge is 2.50. The number of aliphatic hydroxyl groups excluding tert-OH is 1. The van der Waals surface area contributed by atoms with Gasteiger partial charge in [-0.15, -0.1) is 0 Å². The molecule has 44 heavy (non-hydrogen) atoms. The van der Waals surface area contributed by atoms with Crippen molar-refractivity contribution in [3.8, 4) is 0 Å². The molecule has 10 atom stereocenters. The molecule has 3 saturated heterocycles. The van der Waals surface area contributed by atoms with Crippen LogP contribution in [0.2, 0.25) is 0 Å². The van der Waals surface area contributed by atoms with E-state index >= 15 is 0 Å². The Morgan fingerprint density at radius 2 is 1.77 bits per heavy atom. The Morgan fingerprint density at radius 3 is 2.36 bits per heavy atom. The molecular weight excluding hydrogens is 558 g/mol. The molecular formula is C35H65N3O6. The van der Waals surface area contributed by atoms with Gasteiger partial charge in [0.1, 0.15) is 12.0 Å². The summed E-state index contributed by atoms with van der Waals surface area (Å²) in [4.78, 5) is 35.0. The molecule has 256 valence electrons. The van der Waals surface area contributed by atoms with E-state index in [4.69, 9.17) is 14.2 Å². The van der Waals surface area contributed by atoms with Crippen molar-refractivity contribution in [2.45, 2.75) is 130 Å². The largest absolute Gasteiger partial charge is 0.463 e. The normalized spacial score (nSPS) is 40.8. The monoisotopic (exact) mass is 623 g/mol. The molecule has 3 aliphatic rings. The molecule has 0 aromatic carbocycles. The summed E-state index contributed by atoms with van der Waals surface area (Å²) in [6.45, 7) is 19.4. The number of carbonyl (C=O) groups excluding carboxylic acids is 2. The van der Waals surface area contributed by atoms with E-state index < -0.39 is 35.1 Å². The zero-order chi connectivity index (χ0) is 33.1. The molecule has 0 unspecified atom stereocenters. The third kappa shape index (κ3) is 8.43. The van der Waals surface area contributed by atoms with Gasteiger partial charge in [-0.2, -0.15) is 0 Å². The Morgan fingerprint density at radius 1 is 1.11 bits per heavy atom. The van der Waals surface area contributed by atoms with Crippen molar-refractivity contribution in [1.82, 2.24) is 14.7 Å². The van der Waals surface area contributed by atoms with E-state index in [1.807, 2.05) is 27.9 Å². The fourth-order valence-corrected chi connectivity index (χ4v) is 8.52. The lowest BCUT2D eigenvalue weighted by molar-refractivity contribution is -0.173. The van der Waals surface area contributed by atoms with Crippen molar-refractivity contribution in [3.63, 3.8) is 0 Å². The fourth-order valence-electron chi connectivity index (χ4n) is 8.52. The van der Waals surface area contributed by atoms with Crippen LogP contribution in [0.5, 0.6) is 0 Å². The zero-order valence-corrected chi connectivity index (χ0v) is 30.0. The number of likely N-dealkylation sites (N-methyl/N-ethyl adjacent to an activating group) is 2. The van der Waals surface area contributed by atoms with Crippen molar-refractivity contribution in [1.29, 1.82) is 0 Å². The molecule has 0 aliphatic carbocycles. The Hall–Kier alpha value is -1.10. The minimum Gasteiger partial charge on any atom is -0.463 e. The summed E-state index contributed by atoms with van der Waals surface area (Å²) < 4.78 is 18.8. The number of ketones is 1. The number of likely N-dealkylation sites (tertiary alicyclic amines) is 1. The molecule has 3 heterocycles. The number of cyclic esters (lactones) is 1. The highest BCUT2D eigenvalue weighted by molar-refractivity contribution is 6.04. The van der Waals surface area contributed by atoms with E-state index in [-0.39, 0.29) is 42.4 Å². The maximum absolute atomic E-state index is 14.3. The van der Waals surface area contributed by atoms with E-state index in [2.05, 4.69) is 49.4 Å². The number of piperidine rings is 1. The second-order valence-corrected chi connectivity index (χ2v) is 15.8. The first-order valence-corrected chi connectivity index (χ1v) is 17.1. The summed E-state index contributed by atoms with van der Waals surface area (Å²) >= 11 is 0. The van der Waals surface area contributed by atoms with Crippen LogP contribution in [0.25, 0.3) is 0 Å². The maximum Gasteiger partial charge on any atom is 0.319 e. The van der Waals surface area contributed by atoms with Gasteiger partial charge < -0.3 is 29.1 Å². The number of carbonyl (C=O) groups is 2. The summed E-state index contributed by atoms with van der Waals surface area (Å²) in [5.41, 5.74) is -2.01. The van der Waals surface area contributed by atoms with Crippen LogP contribution < -0.4 is 0 Å². The smallest absolute Gasteiger partial charge is 0.319 e. The minimum atomic E-state index is -1.32. The molecule has 0 amide bonds. The molecule has 0 aromatic heterocycles. The van der Waals surface area contributed by atoms with Crippen LogP contribution in [0.15, 0.2) is 0 Å². The van der Waals surface area contributed by atoms with Crippen molar-refractivity contribution < 1.29 is 28.9 Å². The summed E-state index contributed by atoms with van der Waals surface area (Å²) in [5, 5.41) is 11.4. The third-order valence-corrected chi connectivity index (χ3v) is 11.4. The number of nitrogens with zero attached hydrogens (tertiary/aromatic N) is 3. The first-order chi connectivity index (χ1) is 20.4. The Balaban J connectivity index is 1.99. The van der Waals surface area contributed by atoms with Crippen LogP contribution >= 0.6 is 0 Å². The Bertz CT molecular complexity index is 959. The lowest BCUT2D eigenvalue weighted by Crippen LogP contribution is -2.56. The number of hydrogen-bond donors (Lipinski definition) is 1. The van der Waals surface area contributed by atoms with E-state index in [1.165, 1.54) is 0 Å². The van der Waals surface area contributed by atoms with Crippen LogP contribution in [0, 0.1) is 29.1 Å². The number of esters is 1. The number of Topliss-reactive ketones (excluding diaryl/α,β-unsaturated/α-hetero) is 1. The summed E-state index contributed by atoms with van der Waals surface area (Å²) in [7, 11) is 7.85. The molecule has 3 rings (SSSR count). The number of hydrogen-bond acceptors (Lipinski definition) is 9. The van der Waals surface area contributed by atoms with E-state index in [0.29, 0.717) is 18.4 Å². The van der Waals surface area contributed by atoms with Crippen LogP contribution in [0.1, 0.15) is 87.5 Å². The van der Waals surface area contributed by atoms with Crippen molar-refractivity contribution in [2.75, 3.05) is 54.5 Å². The van der Waals surface area contributed by atoms with Gasteiger partial charge in [-0.25, -0.2) is 0 Å². The van der Waals surface area contributed by atoms with Gasteiger partial charge in [-0.1, -0.05) is 13.8 Å².